The molecule has 0 saturated carbocycles. The van der Waals surface area contributed by atoms with E-state index >= 15 is 0 Å². The molecule has 9 heteroatoms. The Balaban J connectivity index is 1.75. The predicted molar refractivity (Wildman–Crippen MR) is 96.1 cm³/mol. The lowest BCUT2D eigenvalue weighted by Crippen LogP contribution is -2.49. The van der Waals surface area contributed by atoms with Crippen LogP contribution in [0.25, 0.3) is 0 Å². The summed E-state index contributed by atoms with van der Waals surface area (Å²) < 4.78 is 0. The number of pyridine rings is 1. The number of carbonyl (C=O) groups excluding carboxylic acids is 2. The number of anilines is 1. The number of hydrogen-bond acceptors (Lipinski definition) is 5. The van der Waals surface area contributed by atoms with Gasteiger partial charge in [0.1, 0.15) is 5.69 Å². The van der Waals surface area contributed by atoms with Crippen LogP contribution in [0.4, 0.5) is 5.69 Å². The van der Waals surface area contributed by atoms with Crippen molar-refractivity contribution in [2.24, 2.45) is 11.8 Å². The number of carbonyl (C=O) groups is 3. The van der Waals surface area contributed by atoms with E-state index in [0.717, 1.165) is 11.4 Å². The molecule has 2 atom stereocenters. The van der Waals surface area contributed by atoms with Gasteiger partial charge in [-0.25, -0.2) is 0 Å². The van der Waals surface area contributed by atoms with Crippen LogP contribution in [0.2, 0.25) is 0 Å². The summed E-state index contributed by atoms with van der Waals surface area (Å²) in [6.07, 6.45) is 1.71. The Kier molecular flexibility index (Phi) is 5.20. The van der Waals surface area contributed by atoms with E-state index in [1.165, 1.54) is 4.90 Å². The van der Waals surface area contributed by atoms with E-state index < -0.39 is 17.8 Å². The summed E-state index contributed by atoms with van der Waals surface area (Å²) >= 11 is 0. The van der Waals surface area contributed by atoms with Gasteiger partial charge < -0.3 is 15.3 Å². The normalized spacial score (nSPS) is 19.6. The molecule has 0 radical (unpaired) electrons. The maximum absolute atomic E-state index is 12.7. The molecule has 0 spiro atoms. The number of H-pyrrole nitrogens is 1. The average Bonchev–Trinajstić information content (AvgIpc) is 3.09. The number of aromatic nitrogens is 3. The first-order valence-electron chi connectivity index (χ1n) is 8.61. The second-order valence-corrected chi connectivity index (χ2v) is 6.79. The number of piperidine rings is 1. The molecule has 0 unspecified atom stereocenters. The Labute approximate surface area is 155 Å². The minimum atomic E-state index is -1.03. The minimum Gasteiger partial charge on any atom is -0.481 e. The summed E-state index contributed by atoms with van der Waals surface area (Å²) in [5.41, 5.74) is 2.29. The van der Waals surface area contributed by atoms with E-state index in [9.17, 15) is 19.5 Å². The summed E-state index contributed by atoms with van der Waals surface area (Å²) in [6.45, 7) is 3.80. The number of carboxylic acid groups (broad SMARTS) is 1. The molecule has 2 aromatic heterocycles. The van der Waals surface area contributed by atoms with Crippen LogP contribution in [0.3, 0.4) is 0 Å². The monoisotopic (exact) mass is 371 g/mol. The topological polar surface area (TPSA) is 128 Å². The first kappa shape index (κ1) is 18.6. The van der Waals surface area contributed by atoms with Crippen molar-refractivity contribution in [3.05, 3.63) is 41.5 Å². The fourth-order valence-corrected chi connectivity index (χ4v) is 3.11. The minimum absolute atomic E-state index is 0.0515. The van der Waals surface area contributed by atoms with Gasteiger partial charge in [0.15, 0.2) is 0 Å². The van der Waals surface area contributed by atoms with Gasteiger partial charge in [0.2, 0.25) is 5.91 Å². The molecule has 2 amide bonds. The van der Waals surface area contributed by atoms with Crippen molar-refractivity contribution >= 4 is 23.5 Å². The van der Waals surface area contributed by atoms with Gasteiger partial charge in [-0.1, -0.05) is 0 Å². The van der Waals surface area contributed by atoms with Gasteiger partial charge in [0, 0.05) is 24.5 Å². The molecule has 3 N–H and O–H groups in total. The molecule has 27 heavy (non-hydrogen) atoms. The highest BCUT2D eigenvalue weighted by Crippen LogP contribution is 2.25. The molecular formula is C18H21N5O4. The lowest BCUT2D eigenvalue weighted by Gasteiger charge is -2.35. The molecule has 2 aromatic rings. The third kappa shape index (κ3) is 4.30. The maximum Gasteiger partial charge on any atom is 0.308 e. The number of nitrogens with zero attached hydrogens (tertiary/aromatic N) is 3. The van der Waals surface area contributed by atoms with Gasteiger partial charge in [0.05, 0.1) is 23.7 Å². The van der Waals surface area contributed by atoms with Crippen molar-refractivity contribution in [3.8, 4) is 0 Å². The highest BCUT2D eigenvalue weighted by atomic mass is 16.4. The van der Waals surface area contributed by atoms with Crippen molar-refractivity contribution in [2.75, 3.05) is 18.4 Å². The molecular weight excluding hydrogens is 350 g/mol. The lowest BCUT2D eigenvalue weighted by atomic mass is 9.88. The second-order valence-electron chi connectivity index (χ2n) is 6.79. The number of aliphatic carboxylic acids is 1. The van der Waals surface area contributed by atoms with E-state index in [1.807, 2.05) is 6.92 Å². The maximum atomic E-state index is 12.7. The number of nitrogens with one attached hydrogen (secondary N) is 2. The van der Waals surface area contributed by atoms with E-state index in [0.29, 0.717) is 5.69 Å². The lowest BCUT2D eigenvalue weighted by molar-refractivity contribution is -0.144. The Bertz CT molecular complexity index is 861. The number of aromatic amines is 1. The zero-order valence-electron chi connectivity index (χ0n) is 15.1. The Morgan fingerprint density at radius 1 is 1.22 bits per heavy atom. The standard InChI is InChI=1S/C18H21N5O4/c1-10-3-4-14(7-19-10)20-16(24)12-6-13(18(26)27)9-23(8-12)17(25)15-5-11(2)21-22-15/h3-5,7,12-13H,6,8-9H2,1-2H3,(H,20,24)(H,21,22)(H,26,27)/t12-,13-/m0/s1. The molecule has 1 aliphatic rings. The van der Waals surface area contributed by atoms with Crippen LogP contribution >= 0.6 is 0 Å². The number of likely N-dealkylation sites (tertiary alicyclic amines) is 1. The van der Waals surface area contributed by atoms with Gasteiger partial charge in [0.25, 0.3) is 5.91 Å². The summed E-state index contributed by atoms with van der Waals surface area (Å²) in [4.78, 5) is 42.3. The van der Waals surface area contributed by atoms with Gasteiger partial charge in [-0.2, -0.15) is 5.10 Å². The summed E-state index contributed by atoms with van der Waals surface area (Å²) in [7, 11) is 0. The number of rotatable bonds is 4. The number of carboxylic acids is 1. The highest BCUT2D eigenvalue weighted by molar-refractivity contribution is 5.96. The first-order valence-corrected chi connectivity index (χ1v) is 8.61. The third-order valence-electron chi connectivity index (χ3n) is 4.56. The average molecular weight is 371 g/mol. The number of aryl methyl sites for hydroxylation is 2. The van der Waals surface area contributed by atoms with E-state index in [-0.39, 0.29) is 37.0 Å². The van der Waals surface area contributed by atoms with E-state index in [4.69, 9.17) is 0 Å². The van der Waals surface area contributed by atoms with Crippen LogP contribution < -0.4 is 5.32 Å². The fourth-order valence-electron chi connectivity index (χ4n) is 3.11. The number of amides is 2. The fraction of sp³-hybridized carbons (Fsp3) is 0.389. The Hall–Kier alpha value is -3.23. The second kappa shape index (κ2) is 7.56. The van der Waals surface area contributed by atoms with Gasteiger partial charge in [-0.15, -0.1) is 0 Å². The molecule has 3 heterocycles. The first-order chi connectivity index (χ1) is 12.8. The molecule has 142 valence electrons. The highest BCUT2D eigenvalue weighted by Gasteiger charge is 2.37. The quantitative estimate of drug-likeness (QED) is 0.741. The molecule has 9 nitrogen and oxygen atoms in total. The molecule has 0 aliphatic carbocycles. The van der Waals surface area contributed by atoms with Crippen molar-refractivity contribution in [2.45, 2.75) is 20.3 Å². The Morgan fingerprint density at radius 3 is 2.56 bits per heavy atom. The van der Waals surface area contributed by atoms with Crippen LogP contribution in [0.15, 0.2) is 24.4 Å². The van der Waals surface area contributed by atoms with Crippen molar-refractivity contribution in [3.63, 3.8) is 0 Å². The van der Waals surface area contributed by atoms with Crippen molar-refractivity contribution < 1.29 is 19.5 Å². The van der Waals surface area contributed by atoms with Gasteiger partial charge in [-0.05, 0) is 38.5 Å². The largest absolute Gasteiger partial charge is 0.481 e. The molecule has 0 aromatic carbocycles. The molecule has 1 saturated heterocycles. The summed E-state index contributed by atoms with van der Waals surface area (Å²) in [5.74, 6) is -3.19. The molecule has 1 aliphatic heterocycles. The molecule has 1 fully saturated rings. The molecule has 3 rings (SSSR count). The van der Waals surface area contributed by atoms with E-state index in [2.05, 4.69) is 20.5 Å². The van der Waals surface area contributed by atoms with Gasteiger partial charge in [-0.3, -0.25) is 24.5 Å². The zero-order chi connectivity index (χ0) is 19.6. The van der Waals surface area contributed by atoms with Crippen LogP contribution in [-0.4, -0.2) is 56.1 Å². The van der Waals surface area contributed by atoms with Crippen molar-refractivity contribution in [1.82, 2.24) is 20.1 Å². The Morgan fingerprint density at radius 2 is 1.96 bits per heavy atom. The molecule has 0 bridgehead atoms. The smallest absolute Gasteiger partial charge is 0.308 e. The van der Waals surface area contributed by atoms with Crippen LogP contribution in [-0.2, 0) is 9.59 Å². The summed E-state index contributed by atoms with van der Waals surface area (Å²) in [6, 6.07) is 5.10. The summed E-state index contributed by atoms with van der Waals surface area (Å²) in [5, 5.41) is 18.8. The number of hydrogen-bond donors (Lipinski definition) is 3. The SMILES string of the molecule is Cc1ccc(NC(=O)[C@H]2C[C@H](C(=O)O)CN(C(=O)c3cc(C)[nH]n3)C2)cn1. The van der Waals surface area contributed by atoms with E-state index in [1.54, 1.807) is 31.3 Å². The zero-order valence-corrected chi connectivity index (χ0v) is 15.1. The van der Waals surface area contributed by atoms with Crippen LogP contribution in [0.1, 0.15) is 28.3 Å². The van der Waals surface area contributed by atoms with Crippen molar-refractivity contribution in [1.29, 1.82) is 0 Å². The van der Waals surface area contributed by atoms with Gasteiger partial charge >= 0.3 is 5.97 Å². The van der Waals surface area contributed by atoms with Crippen LogP contribution in [0.5, 0.6) is 0 Å². The van der Waals surface area contributed by atoms with Crippen LogP contribution in [0, 0.1) is 25.7 Å². The predicted octanol–water partition coefficient (Wildman–Crippen LogP) is 1.22. The third-order valence-corrected chi connectivity index (χ3v) is 4.56.